The van der Waals surface area contributed by atoms with Crippen LogP contribution >= 0.6 is 0 Å². The number of para-hydroxylation sites is 2. The number of hydrogen-bond donors (Lipinski definition) is 2. The van der Waals surface area contributed by atoms with Crippen molar-refractivity contribution in [3.63, 3.8) is 0 Å². The van der Waals surface area contributed by atoms with E-state index in [0.29, 0.717) is 12.4 Å². The molecule has 0 bridgehead atoms. The highest BCUT2D eigenvalue weighted by molar-refractivity contribution is 5.80. The summed E-state index contributed by atoms with van der Waals surface area (Å²) < 4.78 is 5.04. The van der Waals surface area contributed by atoms with E-state index in [-0.39, 0.29) is 0 Å². The molecule has 0 amide bonds. The summed E-state index contributed by atoms with van der Waals surface area (Å²) in [5.74, 6) is 1.25. The smallest absolute Gasteiger partial charge is 0.193 e. The first-order valence-electron chi connectivity index (χ1n) is 7.23. The first-order valence-corrected chi connectivity index (χ1v) is 7.23. The predicted octanol–water partition coefficient (Wildman–Crippen LogP) is 0.736. The summed E-state index contributed by atoms with van der Waals surface area (Å²) in [6.45, 7) is 4.90. The second kappa shape index (κ2) is 7.73. The third-order valence-corrected chi connectivity index (χ3v) is 3.60. The van der Waals surface area contributed by atoms with Crippen LogP contribution in [0, 0.1) is 0 Å². The maximum atomic E-state index is 9.92. The Morgan fingerprint density at radius 3 is 2.62 bits per heavy atom. The first kappa shape index (κ1) is 15.4. The van der Waals surface area contributed by atoms with Crippen molar-refractivity contribution in [1.82, 2.24) is 10.2 Å². The molecule has 0 aliphatic carbocycles. The number of hydrogen-bond acceptors (Lipinski definition) is 4. The molecule has 0 unspecified atom stereocenters. The van der Waals surface area contributed by atoms with Gasteiger partial charge in [-0.15, -0.1) is 0 Å². The lowest BCUT2D eigenvalue weighted by atomic mass is 10.2. The number of aromatic hydroxyl groups is 1. The Kier molecular flexibility index (Phi) is 5.68. The van der Waals surface area contributed by atoms with E-state index in [0.717, 1.165) is 44.4 Å². The van der Waals surface area contributed by atoms with Gasteiger partial charge in [0.05, 0.1) is 12.3 Å². The van der Waals surface area contributed by atoms with Crippen LogP contribution in [0.4, 0.5) is 5.69 Å². The third-order valence-electron chi connectivity index (χ3n) is 3.60. The van der Waals surface area contributed by atoms with Gasteiger partial charge in [-0.1, -0.05) is 12.1 Å². The summed E-state index contributed by atoms with van der Waals surface area (Å²) in [6, 6.07) is 7.48. The van der Waals surface area contributed by atoms with Crippen LogP contribution in [0.15, 0.2) is 29.3 Å². The molecule has 21 heavy (non-hydrogen) atoms. The largest absolute Gasteiger partial charge is 0.506 e. The van der Waals surface area contributed by atoms with Gasteiger partial charge in [-0.3, -0.25) is 4.99 Å². The Morgan fingerprint density at radius 2 is 2.00 bits per heavy atom. The molecule has 1 aromatic carbocycles. The van der Waals surface area contributed by atoms with E-state index < -0.39 is 0 Å². The van der Waals surface area contributed by atoms with Gasteiger partial charge < -0.3 is 25.0 Å². The first-order chi connectivity index (χ1) is 10.3. The van der Waals surface area contributed by atoms with Gasteiger partial charge in [0.15, 0.2) is 5.96 Å². The number of nitrogens with one attached hydrogen (secondary N) is 1. The summed E-state index contributed by atoms with van der Waals surface area (Å²) in [7, 11) is 3.49. The number of ether oxygens (including phenoxy) is 1. The highest BCUT2D eigenvalue weighted by atomic mass is 16.5. The lowest BCUT2D eigenvalue weighted by molar-refractivity contribution is 0.202. The van der Waals surface area contributed by atoms with Crippen LogP contribution < -0.4 is 10.2 Å². The molecule has 2 rings (SSSR count). The van der Waals surface area contributed by atoms with Crippen molar-refractivity contribution in [2.24, 2.45) is 4.99 Å². The van der Waals surface area contributed by atoms with Gasteiger partial charge in [0.1, 0.15) is 5.75 Å². The number of aliphatic imine (C=N–C) groups is 1. The van der Waals surface area contributed by atoms with Crippen LogP contribution in [-0.2, 0) is 4.74 Å². The van der Waals surface area contributed by atoms with Gasteiger partial charge in [0.25, 0.3) is 0 Å². The number of anilines is 1. The molecule has 0 saturated carbocycles. The summed E-state index contributed by atoms with van der Waals surface area (Å²) in [6.07, 6.45) is 0. The topological polar surface area (TPSA) is 60.3 Å². The maximum Gasteiger partial charge on any atom is 0.193 e. The molecule has 0 atom stereocenters. The molecule has 1 aliphatic heterocycles. The molecule has 6 nitrogen and oxygen atoms in total. The minimum atomic E-state index is 0.341. The number of phenols is 1. The zero-order valence-electron chi connectivity index (χ0n) is 12.7. The monoisotopic (exact) mass is 292 g/mol. The number of piperazine rings is 1. The van der Waals surface area contributed by atoms with Crippen molar-refractivity contribution in [2.75, 3.05) is 58.4 Å². The Hall–Kier alpha value is -1.95. The van der Waals surface area contributed by atoms with Gasteiger partial charge in [-0.25, -0.2) is 0 Å². The van der Waals surface area contributed by atoms with Gasteiger partial charge in [-0.05, 0) is 12.1 Å². The van der Waals surface area contributed by atoms with E-state index in [2.05, 4.69) is 20.1 Å². The molecule has 2 N–H and O–H groups in total. The van der Waals surface area contributed by atoms with Crippen LogP contribution in [0.5, 0.6) is 5.75 Å². The number of rotatable bonds is 4. The van der Waals surface area contributed by atoms with E-state index in [1.54, 1.807) is 20.2 Å². The van der Waals surface area contributed by atoms with E-state index in [9.17, 15) is 5.11 Å². The van der Waals surface area contributed by atoms with Crippen LogP contribution in [-0.4, -0.2) is 69.5 Å². The van der Waals surface area contributed by atoms with E-state index in [1.165, 1.54) is 0 Å². The average Bonchev–Trinajstić information content (AvgIpc) is 2.53. The maximum absolute atomic E-state index is 9.92. The lowest BCUT2D eigenvalue weighted by Crippen LogP contribution is -2.53. The summed E-state index contributed by atoms with van der Waals surface area (Å²) in [5.41, 5.74) is 0.902. The average molecular weight is 292 g/mol. The highest BCUT2D eigenvalue weighted by Crippen LogP contribution is 2.27. The summed E-state index contributed by atoms with van der Waals surface area (Å²) >= 11 is 0. The molecule has 1 aromatic rings. The Balaban J connectivity index is 1.89. The molecule has 1 fully saturated rings. The molecule has 6 heteroatoms. The standard InChI is InChI=1S/C15H24N4O2/c1-16-15(17-7-12-21-2)19-10-8-18(9-11-19)13-5-3-4-6-14(13)20/h3-6,20H,7-12H2,1-2H3,(H,16,17). The highest BCUT2D eigenvalue weighted by Gasteiger charge is 2.20. The van der Waals surface area contributed by atoms with Gasteiger partial charge in [0.2, 0.25) is 0 Å². The van der Waals surface area contributed by atoms with Crippen molar-refractivity contribution in [2.45, 2.75) is 0 Å². The van der Waals surface area contributed by atoms with Crippen molar-refractivity contribution in [3.05, 3.63) is 24.3 Å². The minimum Gasteiger partial charge on any atom is -0.506 e. The number of nitrogens with zero attached hydrogens (tertiary/aromatic N) is 3. The van der Waals surface area contributed by atoms with Crippen LogP contribution in [0.3, 0.4) is 0 Å². The van der Waals surface area contributed by atoms with Crippen molar-refractivity contribution < 1.29 is 9.84 Å². The van der Waals surface area contributed by atoms with Crippen LogP contribution in [0.1, 0.15) is 0 Å². The molecule has 1 heterocycles. The molecule has 0 spiro atoms. The Bertz CT molecular complexity index is 470. The molecule has 0 aromatic heterocycles. The Morgan fingerprint density at radius 1 is 1.29 bits per heavy atom. The van der Waals surface area contributed by atoms with E-state index in [1.807, 2.05) is 18.2 Å². The molecule has 1 aliphatic rings. The minimum absolute atomic E-state index is 0.341. The van der Waals surface area contributed by atoms with E-state index in [4.69, 9.17) is 4.74 Å². The van der Waals surface area contributed by atoms with Crippen molar-refractivity contribution in [3.8, 4) is 5.75 Å². The Labute approximate surface area is 126 Å². The number of benzene rings is 1. The predicted molar refractivity (Wildman–Crippen MR) is 85.1 cm³/mol. The fourth-order valence-corrected chi connectivity index (χ4v) is 2.49. The fourth-order valence-electron chi connectivity index (χ4n) is 2.49. The fraction of sp³-hybridized carbons (Fsp3) is 0.533. The lowest BCUT2D eigenvalue weighted by Gasteiger charge is -2.37. The summed E-state index contributed by atoms with van der Waals surface area (Å²) in [4.78, 5) is 8.74. The van der Waals surface area contributed by atoms with Crippen LogP contribution in [0.25, 0.3) is 0 Å². The number of phenolic OH excluding ortho intramolecular Hbond substituents is 1. The van der Waals surface area contributed by atoms with Gasteiger partial charge in [-0.2, -0.15) is 0 Å². The molecule has 1 saturated heterocycles. The summed E-state index contributed by atoms with van der Waals surface area (Å²) in [5, 5.41) is 13.2. The molecular weight excluding hydrogens is 268 g/mol. The molecule has 0 radical (unpaired) electrons. The zero-order chi connectivity index (χ0) is 15.1. The third kappa shape index (κ3) is 4.01. The normalized spacial score (nSPS) is 16.2. The number of guanidine groups is 1. The van der Waals surface area contributed by atoms with Crippen molar-refractivity contribution >= 4 is 11.6 Å². The SMILES string of the molecule is CN=C(NCCOC)N1CCN(c2ccccc2O)CC1. The molecule has 116 valence electrons. The van der Waals surface area contributed by atoms with Gasteiger partial charge in [0, 0.05) is 46.9 Å². The van der Waals surface area contributed by atoms with E-state index >= 15 is 0 Å². The second-order valence-electron chi connectivity index (χ2n) is 4.93. The second-order valence-corrected chi connectivity index (χ2v) is 4.93. The van der Waals surface area contributed by atoms with Crippen LogP contribution in [0.2, 0.25) is 0 Å². The van der Waals surface area contributed by atoms with Gasteiger partial charge >= 0.3 is 0 Å². The quantitative estimate of drug-likeness (QED) is 0.487. The van der Waals surface area contributed by atoms with Crippen molar-refractivity contribution in [1.29, 1.82) is 0 Å². The molecular formula is C15H24N4O2. The zero-order valence-corrected chi connectivity index (χ0v) is 12.7. The number of methoxy groups -OCH3 is 1.